The van der Waals surface area contributed by atoms with Crippen molar-refractivity contribution in [1.29, 1.82) is 0 Å². The number of hydrogen-bond donors (Lipinski definition) is 0. The monoisotopic (exact) mass is 471 g/mol. The maximum absolute atomic E-state index is 13.7. The number of benzene rings is 2. The fourth-order valence-electron chi connectivity index (χ4n) is 6.49. The number of anilines is 1. The molecule has 0 spiro atoms. The third-order valence-electron chi connectivity index (χ3n) is 8.45. The Balaban J connectivity index is 1.38. The number of amides is 3. The molecule has 35 heavy (non-hydrogen) atoms. The lowest BCUT2D eigenvalue weighted by molar-refractivity contribution is -0.384. The highest BCUT2D eigenvalue weighted by Crippen LogP contribution is 2.65. The van der Waals surface area contributed by atoms with E-state index in [1.165, 1.54) is 34.1 Å². The van der Waals surface area contributed by atoms with Gasteiger partial charge in [-0.1, -0.05) is 30.4 Å². The van der Waals surface area contributed by atoms with Gasteiger partial charge in [-0.05, 0) is 67.2 Å². The van der Waals surface area contributed by atoms with E-state index in [9.17, 15) is 24.5 Å². The zero-order chi connectivity index (χ0) is 24.6. The Morgan fingerprint density at radius 3 is 2.29 bits per heavy atom. The van der Waals surface area contributed by atoms with Crippen molar-refractivity contribution in [3.05, 3.63) is 81.4 Å². The first kappa shape index (κ1) is 21.7. The highest BCUT2D eigenvalue weighted by Gasteiger charge is 2.67. The van der Waals surface area contributed by atoms with E-state index in [4.69, 9.17) is 0 Å². The quantitative estimate of drug-likeness (QED) is 0.285. The summed E-state index contributed by atoms with van der Waals surface area (Å²) in [5, 5.41) is 11.3. The van der Waals surface area contributed by atoms with E-state index in [2.05, 4.69) is 12.2 Å². The second kappa shape index (κ2) is 7.60. The zero-order valence-corrected chi connectivity index (χ0v) is 19.5. The molecule has 1 saturated heterocycles. The molecule has 3 fully saturated rings. The topological polar surface area (TPSA) is 101 Å². The number of rotatable bonds is 5. The second-order valence-electron chi connectivity index (χ2n) is 10.2. The van der Waals surface area contributed by atoms with Crippen molar-refractivity contribution in [2.24, 2.45) is 35.5 Å². The number of allylic oxidation sites excluding steroid dienone is 2. The Labute approximate surface area is 202 Å². The Bertz CT molecular complexity index is 1300. The van der Waals surface area contributed by atoms with Crippen LogP contribution in [0.2, 0.25) is 0 Å². The number of imide groups is 1. The Kier molecular flexibility index (Phi) is 4.71. The van der Waals surface area contributed by atoms with Gasteiger partial charge in [0.2, 0.25) is 11.8 Å². The SMILES string of the molecule is Cc1cccc(N(CN2C(=O)C3C4C=CC(C5CC45)C3C2=O)C(=O)c2cccc([N+](=O)[O-])c2)c1C. The summed E-state index contributed by atoms with van der Waals surface area (Å²) < 4.78 is 0. The molecule has 2 aromatic carbocycles. The van der Waals surface area contributed by atoms with Gasteiger partial charge in [0, 0.05) is 23.4 Å². The van der Waals surface area contributed by atoms with E-state index in [0.29, 0.717) is 17.5 Å². The highest BCUT2D eigenvalue weighted by molar-refractivity contribution is 6.10. The lowest BCUT2D eigenvalue weighted by Gasteiger charge is -2.37. The summed E-state index contributed by atoms with van der Waals surface area (Å²) in [6, 6.07) is 11.0. The number of nitro benzene ring substituents is 1. The average molecular weight is 472 g/mol. The largest absolute Gasteiger partial charge is 0.289 e. The van der Waals surface area contributed by atoms with E-state index in [1.54, 1.807) is 6.07 Å². The Morgan fingerprint density at radius 1 is 1.03 bits per heavy atom. The number of likely N-dealkylation sites (tertiary alicyclic amines) is 1. The maximum atomic E-state index is 13.7. The molecule has 7 rings (SSSR count). The van der Waals surface area contributed by atoms with Crippen LogP contribution < -0.4 is 4.90 Å². The van der Waals surface area contributed by atoms with Gasteiger partial charge in [-0.15, -0.1) is 0 Å². The predicted molar refractivity (Wildman–Crippen MR) is 127 cm³/mol. The summed E-state index contributed by atoms with van der Waals surface area (Å²) in [7, 11) is 0. The van der Waals surface area contributed by atoms with E-state index in [-0.39, 0.29) is 53.4 Å². The molecular weight excluding hydrogens is 446 g/mol. The van der Waals surface area contributed by atoms with Crippen LogP contribution in [-0.2, 0) is 9.59 Å². The van der Waals surface area contributed by atoms with Crippen molar-refractivity contribution >= 4 is 29.1 Å². The van der Waals surface area contributed by atoms with Crippen LogP contribution in [0.3, 0.4) is 0 Å². The van der Waals surface area contributed by atoms with Crippen LogP contribution in [0.25, 0.3) is 0 Å². The molecule has 0 N–H and O–H groups in total. The molecule has 6 unspecified atom stereocenters. The smallest absolute Gasteiger partial charge is 0.270 e. The normalized spacial score (nSPS) is 29.7. The fourth-order valence-corrected chi connectivity index (χ4v) is 6.49. The van der Waals surface area contributed by atoms with Crippen LogP contribution in [0, 0.1) is 59.5 Å². The summed E-state index contributed by atoms with van der Waals surface area (Å²) in [6.45, 7) is 3.58. The van der Waals surface area contributed by atoms with Crippen LogP contribution in [0.5, 0.6) is 0 Å². The average Bonchev–Trinajstić information content (AvgIpc) is 3.64. The van der Waals surface area contributed by atoms with Gasteiger partial charge in [0.05, 0.1) is 16.8 Å². The molecule has 1 heterocycles. The molecule has 5 aliphatic rings. The van der Waals surface area contributed by atoms with Crippen LogP contribution in [0.15, 0.2) is 54.6 Å². The first-order valence-electron chi connectivity index (χ1n) is 11.9. The number of carbonyl (C=O) groups is 3. The molecular formula is C27H25N3O5. The number of hydrogen-bond acceptors (Lipinski definition) is 5. The molecule has 0 radical (unpaired) electrons. The molecule has 1 aliphatic heterocycles. The van der Waals surface area contributed by atoms with E-state index >= 15 is 0 Å². The third-order valence-corrected chi connectivity index (χ3v) is 8.45. The minimum Gasteiger partial charge on any atom is -0.289 e. The van der Waals surface area contributed by atoms with Gasteiger partial charge in [0.1, 0.15) is 6.67 Å². The van der Waals surface area contributed by atoms with Gasteiger partial charge < -0.3 is 0 Å². The van der Waals surface area contributed by atoms with Crippen molar-refractivity contribution < 1.29 is 19.3 Å². The van der Waals surface area contributed by atoms with Crippen LogP contribution in [0.1, 0.15) is 27.9 Å². The van der Waals surface area contributed by atoms with E-state index in [1.807, 2.05) is 26.0 Å². The molecule has 3 amide bonds. The van der Waals surface area contributed by atoms with Gasteiger partial charge in [-0.3, -0.25) is 34.3 Å². The van der Waals surface area contributed by atoms with Crippen molar-refractivity contribution in [3.63, 3.8) is 0 Å². The third kappa shape index (κ3) is 3.16. The number of nitrogens with zero attached hydrogens (tertiary/aromatic N) is 3. The number of aryl methyl sites for hydroxylation is 1. The Morgan fingerprint density at radius 2 is 1.66 bits per heavy atom. The summed E-state index contributed by atoms with van der Waals surface area (Å²) in [4.78, 5) is 54.3. The number of non-ortho nitro benzene ring substituents is 1. The summed E-state index contributed by atoms with van der Waals surface area (Å²) in [6.07, 6.45) is 5.31. The lowest BCUT2D eigenvalue weighted by atomic mass is 9.63. The summed E-state index contributed by atoms with van der Waals surface area (Å²) >= 11 is 0. The summed E-state index contributed by atoms with van der Waals surface area (Å²) in [5.41, 5.74) is 2.29. The molecule has 4 aliphatic carbocycles. The predicted octanol–water partition coefficient (Wildman–Crippen LogP) is 3.87. The fraction of sp³-hybridized carbons (Fsp3) is 0.370. The van der Waals surface area contributed by atoms with E-state index in [0.717, 1.165) is 17.5 Å². The molecule has 2 bridgehead atoms. The first-order valence-corrected chi connectivity index (χ1v) is 11.9. The lowest BCUT2D eigenvalue weighted by Crippen LogP contribution is -2.45. The minimum absolute atomic E-state index is 0.0954. The maximum Gasteiger partial charge on any atom is 0.270 e. The molecule has 2 aromatic rings. The first-order chi connectivity index (χ1) is 16.8. The molecule has 2 saturated carbocycles. The van der Waals surface area contributed by atoms with Gasteiger partial charge >= 0.3 is 0 Å². The molecule has 6 atom stereocenters. The summed E-state index contributed by atoms with van der Waals surface area (Å²) in [5.74, 6) is -0.463. The van der Waals surface area contributed by atoms with Crippen LogP contribution >= 0.6 is 0 Å². The van der Waals surface area contributed by atoms with Gasteiger partial charge in [0.15, 0.2) is 0 Å². The molecule has 178 valence electrons. The standard InChI is InChI=1S/C27H25N3O5/c1-14-5-3-8-22(15(14)2)28(25(31)16-6-4-7-17(11-16)30(34)35)13-29-26(32)23-18-9-10-19(21-12-20(18)21)24(23)27(29)33/h3-11,18-21,23-24H,12-13H2,1-2H3. The highest BCUT2D eigenvalue weighted by atomic mass is 16.6. The Hall–Kier alpha value is -3.81. The van der Waals surface area contributed by atoms with Crippen molar-refractivity contribution in [3.8, 4) is 0 Å². The zero-order valence-electron chi connectivity index (χ0n) is 19.5. The van der Waals surface area contributed by atoms with Gasteiger partial charge in [-0.2, -0.15) is 0 Å². The number of carbonyl (C=O) groups excluding carboxylic acids is 3. The van der Waals surface area contributed by atoms with Crippen LogP contribution in [0.4, 0.5) is 11.4 Å². The van der Waals surface area contributed by atoms with Crippen molar-refractivity contribution in [2.75, 3.05) is 11.6 Å². The van der Waals surface area contributed by atoms with Crippen LogP contribution in [-0.4, -0.2) is 34.2 Å². The minimum atomic E-state index is -0.550. The molecule has 8 nitrogen and oxygen atoms in total. The molecule has 8 heteroatoms. The second-order valence-corrected chi connectivity index (χ2v) is 10.2. The molecule has 0 aromatic heterocycles. The van der Waals surface area contributed by atoms with Gasteiger partial charge in [-0.25, -0.2) is 0 Å². The van der Waals surface area contributed by atoms with E-state index < -0.39 is 10.8 Å². The number of nitro groups is 1. The van der Waals surface area contributed by atoms with Crippen molar-refractivity contribution in [1.82, 2.24) is 4.90 Å². The van der Waals surface area contributed by atoms with Gasteiger partial charge in [0.25, 0.3) is 11.6 Å². The van der Waals surface area contributed by atoms with Crippen molar-refractivity contribution in [2.45, 2.75) is 20.3 Å².